The number of nitrogens with one attached hydrogen (secondary N) is 1. The Morgan fingerprint density at radius 3 is 2.65 bits per heavy atom. The molecule has 0 aliphatic heterocycles. The van der Waals surface area contributed by atoms with E-state index in [0.717, 1.165) is 11.1 Å². The predicted octanol–water partition coefficient (Wildman–Crippen LogP) is 3.72. The molecule has 31 heavy (non-hydrogen) atoms. The van der Waals surface area contributed by atoms with Gasteiger partial charge >= 0.3 is 0 Å². The maximum Gasteiger partial charge on any atom is 0.286 e. The van der Waals surface area contributed by atoms with Gasteiger partial charge in [-0.2, -0.15) is 0 Å². The lowest BCUT2D eigenvalue weighted by atomic mass is 10.1. The highest BCUT2D eigenvalue weighted by Gasteiger charge is 2.25. The zero-order valence-corrected chi connectivity index (χ0v) is 17.8. The average molecular weight is 443 g/mol. The summed E-state index contributed by atoms with van der Waals surface area (Å²) in [6, 6.07) is 10.0. The second kappa shape index (κ2) is 10.5. The Morgan fingerprint density at radius 2 is 1.97 bits per heavy atom. The van der Waals surface area contributed by atoms with Crippen LogP contribution in [0.4, 0.5) is 5.69 Å². The summed E-state index contributed by atoms with van der Waals surface area (Å²) >= 11 is 1.42. The highest BCUT2D eigenvalue weighted by Crippen LogP contribution is 2.35. The van der Waals surface area contributed by atoms with Crippen molar-refractivity contribution in [3.8, 4) is 11.5 Å². The number of hydrogen-bond acceptors (Lipinski definition) is 8. The summed E-state index contributed by atoms with van der Waals surface area (Å²) in [4.78, 5) is 27.8. The van der Waals surface area contributed by atoms with E-state index in [0.29, 0.717) is 12.3 Å². The number of thiazole rings is 1. The molecule has 0 spiro atoms. The lowest BCUT2D eigenvalue weighted by molar-refractivity contribution is -0.385. The van der Waals surface area contributed by atoms with E-state index in [1.54, 1.807) is 12.6 Å². The third kappa shape index (κ3) is 5.77. The number of nitro groups is 1. The Hall–Kier alpha value is -3.50. The van der Waals surface area contributed by atoms with Crippen molar-refractivity contribution in [3.63, 3.8) is 0 Å². The molecule has 9 nitrogen and oxygen atoms in total. The predicted molar refractivity (Wildman–Crippen MR) is 114 cm³/mol. The smallest absolute Gasteiger partial charge is 0.286 e. The van der Waals surface area contributed by atoms with Crippen molar-refractivity contribution in [3.05, 3.63) is 79.8 Å². The SMILES string of the molecule is COCc1cccc(CNC(=O)c2cc(OC)c(OCc3cscn3)cc2[N+](=O)[O-])c1. The molecule has 3 rings (SSSR count). The van der Waals surface area contributed by atoms with Crippen molar-refractivity contribution < 1.29 is 23.9 Å². The van der Waals surface area contributed by atoms with Crippen molar-refractivity contribution in [2.75, 3.05) is 14.2 Å². The van der Waals surface area contributed by atoms with Gasteiger partial charge in [0.2, 0.25) is 0 Å². The lowest BCUT2D eigenvalue weighted by Gasteiger charge is -2.13. The first-order chi connectivity index (χ1) is 15.0. The number of hydrogen-bond donors (Lipinski definition) is 1. The van der Waals surface area contributed by atoms with Gasteiger partial charge in [0, 0.05) is 25.1 Å². The highest BCUT2D eigenvalue weighted by atomic mass is 32.1. The molecule has 1 aromatic heterocycles. The molecular formula is C21H21N3O6S. The third-order valence-electron chi connectivity index (χ3n) is 4.34. The van der Waals surface area contributed by atoms with Crippen molar-refractivity contribution in [1.29, 1.82) is 0 Å². The van der Waals surface area contributed by atoms with Crippen molar-refractivity contribution in [1.82, 2.24) is 10.3 Å². The van der Waals surface area contributed by atoms with Gasteiger partial charge in [-0.25, -0.2) is 4.98 Å². The molecule has 1 N–H and O–H groups in total. The molecule has 0 saturated heterocycles. The minimum absolute atomic E-state index is 0.115. The summed E-state index contributed by atoms with van der Waals surface area (Å²) in [6.07, 6.45) is 0. The largest absolute Gasteiger partial charge is 0.493 e. The summed E-state index contributed by atoms with van der Waals surface area (Å²) in [6.45, 7) is 0.783. The number of carbonyl (C=O) groups is 1. The lowest BCUT2D eigenvalue weighted by Crippen LogP contribution is -2.24. The van der Waals surface area contributed by atoms with Crippen LogP contribution in [0.5, 0.6) is 11.5 Å². The first-order valence-corrected chi connectivity index (χ1v) is 10.2. The van der Waals surface area contributed by atoms with Gasteiger partial charge in [-0.1, -0.05) is 24.3 Å². The van der Waals surface area contributed by atoms with E-state index < -0.39 is 10.8 Å². The van der Waals surface area contributed by atoms with Crippen LogP contribution < -0.4 is 14.8 Å². The highest BCUT2D eigenvalue weighted by molar-refractivity contribution is 7.07. The van der Waals surface area contributed by atoms with Crippen LogP contribution in [0.2, 0.25) is 0 Å². The van der Waals surface area contributed by atoms with E-state index in [-0.39, 0.29) is 35.9 Å². The van der Waals surface area contributed by atoms with Crippen LogP contribution in [-0.4, -0.2) is 30.0 Å². The van der Waals surface area contributed by atoms with Gasteiger partial charge in [-0.05, 0) is 11.1 Å². The van der Waals surface area contributed by atoms with Crippen molar-refractivity contribution in [2.24, 2.45) is 0 Å². The van der Waals surface area contributed by atoms with Crippen LogP contribution >= 0.6 is 11.3 Å². The van der Waals surface area contributed by atoms with Gasteiger partial charge in [0.25, 0.3) is 11.6 Å². The van der Waals surface area contributed by atoms with E-state index in [4.69, 9.17) is 14.2 Å². The molecule has 10 heteroatoms. The fourth-order valence-corrected chi connectivity index (χ4v) is 3.43. The maximum absolute atomic E-state index is 12.7. The molecule has 0 aliphatic rings. The Bertz CT molecular complexity index is 1060. The zero-order chi connectivity index (χ0) is 22.2. The van der Waals surface area contributed by atoms with Crippen LogP contribution in [0.3, 0.4) is 0 Å². The van der Waals surface area contributed by atoms with Crippen molar-refractivity contribution >= 4 is 22.9 Å². The maximum atomic E-state index is 12.7. The summed E-state index contributed by atoms with van der Waals surface area (Å²) in [5.41, 5.74) is 3.67. The van der Waals surface area contributed by atoms with Crippen LogP contribution in [0.15, 0.2) is 47.3 Å². The van der Waals surface area contributed by atoms with Gasteiger partial charge in [-0.15, -0.1) is 11.3 Å². The van der Waals surface area contributed by atoms with Crippen LogP contribution in [0, 0.1) is 10.1 Å². The van der Waals surface area contributed by atoms with Crippen molar-refractivity contribution in [2.45, 2.75) is 19.8 Å². The quantitative estimate of drug-likeness (QED) is 0.375. The molecule has 0 aliphatic carbocycles. The average Bonchev–Trinajstić information content (AvgIpc) is 3.29. The summed E-state index contributed by atoms with van der Waals surface area (Å²) in [5, 5.41) is 16.1. The van der Waals surface area contributed by atoms with Gasteiger partial charge in [0.1, 0.15) is 12.2 Å². The molecule has 0 atom stereocenters. The topological polar surface area (TPSA) is 113 Å². The Kier molecular flexibility index (Phi) is 7.52. The monoisotopic (exact) mass is 443 g/mol. The molecule has 3 aromatic rings. The third-order valence-corrected chi connectivity index (χ3v) is 4.97. The van der Waals surface area contributed by atoms with Gasteiger partial charge < -0.3 is 19.5 Å². The first kappa shape index (κ1) is 22.2. The number of benzene rings is 2. The van der Waals surface area contributed by atoms with Gasteiger partial charge in [0.05, 0.1) is 35.9 Å². The molecule has 0 bridgehead atoms. The number of methoxy groups -OCH3 is 2. The molecule has 0 radical (unpaired) electrons. The van der Waals surface area contributed by atoms with E-state index in [9.17, 15) is 14.9 Å². The Balaban J connectivity index is 1.79. The Labute approximate surface area is 182 Å². The number of rotatable bonds is 10. The van der Waals surface area contributed by atoms with E-state index >= 15 is 0 Å². The van der Waals surface area contributed by atoms with Crippen LogP contribution in [0.25, 0.3) is 0 Å². The Morgan fingerprint density at radius 1 is 1.16 bits per heavy atom. The first-order valence-electron chi connectivity index (χ1n) is 9.23. The van der Waals surface area contributed by atoms with Gasteiger partial charge in [0.15, 0.2) is 11.5 Å². The number of nitrogens with zero attached hydrogens (tertiary/aromatic N) is 2. The minimum Gasteiger partial charge on any atom is -0.493 e. The number of nitro benzene ring substituents is 1. The fourth-order valence-electron chi connectivity index (χ4n) is 2.89. The summed E-state index contributed by atoms with van der Waals surface area (Å²) in [5.74, 6) is -0.215. The summed E-state index contributed by atoms with van der Waals surface area (Å²) < 4.78 is 16.0. The normalized spacial score (nSPS) is 10.5. The molecule has 162 valence electrons. The molecule has 0 fully saturated rings. The fraction of sp³-hybridized carbons (Fsp3) is 0.238. The second-order valence-corrected chi connectivity index (χ2v) is 7.20. The molecule has 1 amide bonds. The van der Waals surface area contributed by atoms with Crippen LogP contribution in [-0.2, 0) is 24.5 Å². The minimum atomic E-state index is -0.622. The molecular weight excluding hydrogens is 422 g/mol. The standard InChI is InChI=1S/C21H21N3O6S/c1-28-10-15-5-3-4-14(6-15)9-22-21(25)17-7-19(29-2)20(8-18(17)24(26)27)30-11-16-12-31-13-23-16/h3-8,12-13H,9-11H2,1-2H3,(H,22,25). The number of amides is 1. The van der Waals surface area contributed by atoms with E-state index in [1.807, 2.05) is 29.6 Å². The van der Waals surface area contributed by atoms with Crippen LogP contribution in [0.1, 0.15) is 27.2 Å². The second-order valence-electron chi connectivity index (χ2n) is 6.48. The molecule has 1 heterocycles. The summed E-state index contributed by atoms with van der Waals surface area (Å²) in [7, 11) is 3.01. The molecule has 0 unspecified atom stereocenters. The number of aromatic nitrogens is 1. The zero-order valence-electron chi connectivity index (χ0n) is 17.0. The molecule has 0 saturated carbocycles. The van der Waals surface area contributed by atoms with E-state index in [1.165, 1.54) is 30.6 Å². The molecule has 2 aromatic carbocycles. The van der Waals surface area contributed by atoms with Gasteiger partial charge in [-0.3, -0.25) is 14.9 Å². The van der Waals surface area contributed by atoms with E-state index in [2.05, 4.69) is 10.3 Å². The number of carbonyl (C=O) groups excluding carboxylic acids is 1. The number of ether oxygens (including phenoxy) is 3.